The maximum absolute atomic E-state index is 13.1. The lowest BCUT2D eigenvalue weighted by atomic mass is 10.2. The number of nitro groups is 1. The molecule has 0 aliphatic carbocycles. The van der Waals surface area contributed by atoms with E-state index in [0.29, 0.717) is 18.5 Å². The molecule has 0 bridgehead atoms. The highest BCUT2D eigenvalue weighted by Crippen LogP contribution is 2.21. The maximum Gasteiger partial charge on any atom is 0.270 e. The number of nitro benzene ring substituents is 1. The van der Waals surface area contributed by atoms with Crippen molar-refractivity contribution in [2.24, 2.45) is 10.7 Å². The van der Waals surface area contributed by atoms with Gasteiger partial charge in [-0.1, -0.05) is 6.07 Å². The number of hydrogen-bond acceptors (Lipinski definition) is 7. The van der Waals surface area contributed by atoms with Gasteiger partial charge in [-0.15, -0.1) is 0 Å². The summed E-state index contributed by atoms with van der Waals surface area (Å²) in [7, 11) is -4.09. The van der Waals surface area contributed by atoms with Gasteiger partial charge in [-0.3, -0.25) is 20.0 Å². The Morgan fingerprint density at radius 3 is 2.48 bits per heavy atom. The Bertz CT molecular complexity index is 1120. The number of sulfonamides is 1. The number of nitrogens with one attached hydrogen (secondary N) is 1. The van der Waals surface area contributed by atoms with E-state index < -0.39 is 14.9 Å². The second-order valence-electron chi connectivity index (χ2n) is 7.74. The van der Waals surface area contributed by atoms with Crippen LogP contribution in [0.4, 0.5) is 15.8 Å². The Morgan fingerprint density at radius 1 is 1.18 bits per heavy atom. The third-order valence-electron chi connectivity index (χ3n) is 5.39. The molecule has 0 saturated carbocycles. The predicted molar refractivity (Wildman–Crippen MR) is 124 cm³/mol. The first kappa shape index (κ1) is 24.4. The molecule has 1 heterocycles. The van der Waals surface area contributed by atoms with E-state index in [1.807, 2.05) is 0 Å². The topological polar surface area (TPSA) is 134 Å². The van der Waals surface area contributed by atoms with Crippen molar-refractivity contribution < 1.29 is 17.7 Å². The molecule has 1 saturated heterocycles. The van der Waals surface area contributed by atoms with Gasteiger partial charge in [0.15, 0.2) is 0 Å². The van der Waals surface area contributed by atoms with Gasteiger partial charge in [0.25, 0.3) is 15.7 Å². The first-order valence-electron chi connectivity index (χ1n) is 10.5. The molecule has 178 valence electrons. The number of aryl methyl sites for hydroxylation is 1. The average Bonchev–Trinajstić information content (AvgIpc) is 2.77. The molecule has 0 atom stereocenters. The molecule has 0 amide bonds. The molecular formula is C21H27FN6O4S. The monoisotopic (exact) mass is 478 g/mol. The van der Waals surface area contributed by atoms with Gasteiger partial charge in [0.2, 0.25) is 5.96 Å². The van der Waals surface area contributed by atoms with Gasteiger partial charge in [-0.2, -0.15) is 0 Å². The number of piperazine rings is 1. The third kappa shape index (κ3) is 6.62. The molecule has 3 rings (SSSR count). The molecule has 12 heteroatoms. The summed E-state index contributed by atoms with van der Waals surface area (Å²) < 4.78 is 40.4. The van der Waals surface area contributed by atoms with Crippen LogP contribution >= 0.6 is 0 Å². The van der Waals surface area contributed by atoms with Crippen LogP contribution in [0.1, 0.15) is 12.0 Å². The van der Waals surface area contributed by atoms with Gasteiger partial charge in [0.1, 0.15) is 5.82 Å². The molecule has 0 radical (unpaired) electrons. The highest BCUT2D eigenvalue weighted by atomic mass is 32.2. The van der Waals surface area contributed by atoms with Gasteiger partial charge in [0.05, 0.1) is 9.82 Å². The quantitative estimate of drug-likeness (QED) is 0.194. The molecule has 1 aliphatic heterocycles. The summed E-state index contributed by atoms with van der Waals surface area (Å²) in [5.74, 6) is -0.512. The predicted octanol–water partition coefficient (Wildman–Crippen LogP) is 1.85. The van der Waals surface area contributed by atoms with Crippen LogP contribution in [0.15, 0.2) is 52.4 Å². The molecular weight excluding hydrogens is 451 g/mol. The Kier molecular flexibility index (Phi) is 7.82. The van der Waals surface area contributed by atoms with E-state index in [1.165, 1.54) is 24.3 Å². The third-order valence-corrected chi connectivity index (χ3v) is 6.89. The number of benzene rings is 2. The highest BCUT2D eigenvalue weighted by Gasteiger charge is 2.21. The molecule has 1 aliphatic rings. The number of guanidine groups is 1. The maximum atomic E-state index is 13.1. The van der Waals surface area contributed by atoms with Crippen LogP contribution in [-0.4, -0.2) is 63.5 Å². The molecule has 0 unspecified atom stereocenters. The van der Waals surface area contributed by atoms with Crippen molar-refractivity contribution in [3.8, 4) is 0 Å². The molecule has 10 nitrogen and oxygen atoms in total. The van der Waals surface area contributed by atoms with Crippen LogP contribution in [0.25, 0.3) is 0 Å². The lowest BCUT2D eigenvalue weighted by Gasteiger charge is -2.36. The van der Waals surface area contributed by atoms with E-state index in [2.05, 4.69) is 19.5 Å². The van der Waals surface area contributed by atoms with Gasteiger partial charge in [0, 0.05) is 57.1 Å². The number of halogens is 1. The van der Waals surface area contributed by atoms with Crippen molar-refractivity contribution in [2.45, 2.75) is 18.2 Å². The fourth-order valence-electron chi connectivity index (χ4n) is 3.59. The largest absolute Gasteiger partial charge is 0.369 e. The van der Waals surface area contributed by atoms with E-state index in [1.54, 1.807) is 19.1 Å². The standard InChI is InChI=1S/C21H27FN6O4S/c1-16-3-6-19(28(29)30)15-20(16)33(31,32)25-21(23)24-9-2-10-26-11-13-27(14-12-26)18-7-4-17(22)5-8-18/h3-8,15H,2,9-14H2,1H3,(H3,23,24,25). The summed E-state index contributed by atoms with van der Waals surface area (Å²) in [4.78, 5) is 18.6. The van der Waals surface area contributed by atoms with E-state index in [-0.39, 0.29) is 22.4 Å². The Hall–Kier alpha value is -3.25. The normalized spacial score (nSPS) is 15.5. The first-order valence-corrected chi connectivity index (χ1v) is 11.9. The van der Waals surface area contributed by atoms with Crippen molar-refractivity contribution in [2.75, 3.05) is 44.2 Å². The molecule has 0 aromatic heterocycles. The Labute approximate surface area is 192 Å². The molecule has 1 fully saturated rings. The van der Waals surface area contributed by atoms with E-state index in [9.17, 15) is 22.9 Å². The van der Waals surface area contributed by atoms with Gasteiger partial charge in [-0.25, -0.2) is 17.5 Å². The van der Waals surface area contributed by atoms with Crippen LogP contribution < -0.4 is 15.4 Å². The van der Waals surface area contributed by atoms with Crippen molar-refractivity contribution in [1.29, 1.82) is 0 Å². The molecule has 3 N–H and O–H groups in total. The van der Waals surface area contributed by atoms with Crippen LogP contribution in [0.5, 0.6) is 0 Å². The van der Waals surface area contributed by atoms with Gasteiger partial charge >= 0.3 is 0 Å². The summed E-state index contributed by atoms with van der Waals surface area (Å²) in [5, 5.41) is 10.9. The fraction of sp³-hybridized carbons (Fsp3) is 0.381. The second kappa shape index (κ2) is 10.6. The lowest BCUT2D eigenvalue weighted by molar-refractivity contribution is -0.385. The smallest absolute Gasteiger partial charge is 0.270 e. The fourth-order valence-corrected chi connectivity index (χ4v) is 4.81. The van der Waals surface area contributed by atoms with E-state index in [4.69, 9.17) is 5.73 Å². The minimum Gasteiger partial charge on any atom is -0.369 e. The molecule has 0 spiro atoms. The summed E-state index contributed by atoms with van der Waals surface area (Å²) in [5.41, 5.74) is 6.77. The zero-order valence-electron chi connectivity index (χ0n) is 18.3. The number of nitrogens with zero attached hydrogens (tertiary/aromatic N) is 4. The molecule has 33 heavy (non-hydrogen) atoms. The lowest BCUT2D eigenvalue weighted by Crippen LogP contribution is -2.46. The van der Waals surface area contributed by atoms with Crippen LogP contribution in [0.3, 0.4) is 0 Å². The zero-order chi connectivity index (χ0) is 24.0. The number of rotatable bonds is 8. The zero-order valence-corrected chi connectivity index (χ0v) is 19.1. The van der Waals surface area contributed by atoms with Crippen LogP contribution in [0.2, 0.25) is 0 Å². The van der Waals surface area contributed by atoms with Crippen molar-refractivity contribution in [1.82, 2.24) is 9.62 Å². The van der Waals surface area contributed by atoms with Gasteiger partial charge < -0.3 is 10.6 Å². The molecule has 2 aromatic carbocycles. The summed E-state index contributed by atoms with van der Waals surface area (Å²) in [6.07, 6.45) is 0.689. The van der Waals surface area contributed by atoms with E-state index in [0.717, 1.165) is 44.5 Å². The molecule has 2 aromatic rings. The number of non-ortho nitro benzene ring substituents is 1. The van der Waals surface area contributed by atoms with E-state index >= 15 is 0 Å². The number of aliphatic imine (C=N–C) groups is 1. The Morgan fingerprint density at radius 2 is 1.85 bits per heavy atom. The summed E-state index contributed by atoms with van der Waals surface area (Å²) in [6, 6.07) is 10.1. The first-order chi connectivity index (χ1) is 15.7. The average molecular weight is 479 g/mol. The SMILES string of the molecule is Cc1ccc([N+](=O)[O-])cc1S(=O)(=O)NC(N)=NCCCN1CCN(c2ccc(F)cc2)CC1. The van der Waals surface area contributed by atoms with Crippen LogP contribution in [0, 0.1) is 22.9 Å². The second-order valence-corrected chi connectivity index (χ2v) is 9.39. The van der Waals surface area contributed by atoms with Crippen molar-refractivity contribution >= 4 is 27.4 Å². The minimum absolute atomic E-state index is 0.214. The summed E-state index contributed by atoms with van der Waals surface area (Å²) >= 11 is 0. The number of nitrogens with two attached hydrogens (primary N) is 1. The Balaban J connectivity index is 1.46. The van der Waals surface area contributed by atoms with Gasteiger partial charge in [-0.05, 0) is 43.2 Å². The minimum atomic E-state index is -4.09. The highest BCUT2D eigenvalue weighted by molar-refractivity contribution is 7.90. The number of hydrogen-bond donors (Lipinski definition) is 2. The van der Waals surface area contributed by atoms with Crippen molar-refractivity contribution in [3.05, 3.63) is 64.0 Å². The number of anilines is 1. The van der Waals surface area contributed by atoms with Crippen LogP contribution in [-0.2, 0) is 10.0 Å². The summed E-state index contributed by atoms with van der Waals surface area (Å²) in [6.45, 7) is 6.04. The van der Waals surface area contributed by atoms with Crippen molar-refractivity contribution in [3.63, 3.8) is 0 Å².